The van der Waals surface area contributed by atoms with E-state index in [1.807, 2.05) is 13.8 Å². The number of aromatic nitrogens is 2. The number of methoxy groups -OCH3 is 2. The van der Waals surface area contributed by atoms with Crippen LogP contribution < -0.4 is 20.2 Å². The van der Waals surface area contributed by atoms with E-state index in [9.17, 15) is 9.59 Å². The minimum atomic E-state index is -0.501. The highest BCUT2D eigenvalue weighted by atomic mass is 16.5. The van der Waals surface area contributed by atoms with Gasteiger partial charge in [-0.2, -0.15) is 5.10 Å². The molecule has 24 heavy (non-hydrogen) atoms. The number of nitrogens with one attached hydrogen (secondary N) is 1. The van der Waals surface area contributed by atoms with Crippen LogP contribution in [0.1, 0.15) is 30.8 Å². The molecule has 0 unspecified atom stereocenters. The second-order valence-electron chi connectivity index (χ2n) is 5.29. The lowest BCUT2D eigenvalue weighted by Gasteiger charge is -2.14. The molecule has 1 N–H and O–H groups in total. The minimum Gasteiger partial charge on any atom is -0.497 e. The van der Waals surface area contributed by atoms with Crippen LogP contribution in [-0.2, 0) is 0 Å². The van der Waals surface area contributed by atoms with Gasteiger partial charge in [-0.05, 0) is 37.6 Å². The standard InChI is InChI=1S/C17H21N3O4/c1-5-11(2)18-17(22)16-14(21)10-15(24-4)20(19-16)12-6-8-13(23-3)9-7-12/h6-11H,5H2,1-4H3,(H,18,22)/t11-/m0/s1. The molecule has 0 radical (unpaired) electrons. The summed E-state index contributed by atoms with van der Waals surface area (Å²) in [5.41, 5.74) is -0.0189. The van der Waals surface area contributed by atoms with Crippen molar-refractivity contribution in [2.75, 3.05) is 14.2 Å². The summed E-state index contributed by atoms with van der Waals surface area (Å²) in [6, 6.07) is 8.24. The Kier molecular flexibility index (Phi) is 5.57. The highest BCUT2D eigenvalue weighted by Crippen LogP contribution is 2.18. The number of carbonyl (C=O) groups is 1. The molecule has 7 nitrogen and oxygen atoms in total. The number of rotatable bonds is 6. The van der Waals surface area contributed by atoms with Crippen LogP contribution in [0.25, 0.3) is 5.69 Å². The summed E-state index contributed by atoms with van der Waals surface area (Å²) in [6.07, 6.45) is 0.758. The van der Waals surface area contributed by atoms with E-state index >= 15 is 0 Å². The maximum absolute atomic E-state index is 12.3. The fourth-order valence-corrected chi connectivity index (χ4v) is 2.05. The van der Waals surface area contributed by atoms with Gasteiger partial charge < -0.3 is 14.8 Å². The fourth-order valence-electron chi connectivity index (χ4n) is 2.05. The summed E-state index contributed by atoms with van der Waals surface area (Å²) in [5.74, 6) is 0.429. The summed E-state index contributed by atoms with van der Waals surface area (Å²) in [7, 11) is 3.01. The van der Waals surface area contributed by atoms with E-state index in [4.69, 9.17) is 9.47 Å². The third-order valence-electron chi connectivity index (χ3n) is 3.63. The van der Waals surface area contributed by atoms with Crippen molar-refractivity contribution in [3.63, 3.8) is 0 Å². The number of carbonyl (C=O) groups excluding carboxylic acids is 1. The van der Waals surface area contributed by atoms with E-state index in [1.54, 1.807) is 31.4 Å². The molecular formula is C17H21N3O4. The van der Waals surface area contributed by atoms with Crippen molar-refractivity contribution in [3.05, 3.63) is 46.2 Å². The number of ether oxygens (including phenoxy) is 2. The first kappa shape index (κ1) is 17.5. The normalized spacial score (nSPS) is 11.7. The van der Waals surface area contributed by atoms with Gasteiger partial charge in [-0.1, -0.05) is 6.92 Å². The topological polar surface area (TPSA) is 82.5 Å². The predicted octanol–water partition coefficient (Wildman–Crippen LogP) is 1.78. The first-order valence-electron chi connectivity index (χ1n) is 7.63. The zero-order valence-corrected chi connectivity index (χ0v) is 14.2. The Morgan fingerprint density at radius 3 is 2.46 bits per heavy atom. The van der Waals surface area contributed by atoms with Crippen LogP contribution in [-0.4, -0.2) is 35.9 Å². The van der Waals surface area contributed by atoms with Crippen LogP contribution in [0.4, 0.5) is 0 Å². The van der Waals surface area contributed by atoms with Crippen molar-refractivity contribution in [1.29, 1.82) is 0 Å². The highest BCUT2D eigenvalue weighted by molar-refractivity contribution is 5.92. The van der Waals surface area contributed by atoms with E-state index in [-0.39, 0.29) is 17.6 Å². The molecule has 0 aliphatic rings. The lowest BCUT2D eigenvalue weighted by Crippen LogP contribution is -2.36. The third kappa shape index (κ3) is 3.73. The first-order chi connectivity index (χ1) is 11.5. The van der Waals surface area contributed by atoms with E-state index in [1.165, 1.54) is 17.9 Å². The average Bonchev–Trinajstić information content (AvgIpc) is 2.61. The molecular weight excluding hydrogens is 310 g/mol. The van der Waals surface area contributed by atoms with Gasteiger partial charge in [0.25, 0.3) is 5.91 Å². The molecule has 0 fully saturated rings. The SMILES string of the molecule is CC[C@H](C)NC(=O)c1nn(-c2ccc(OC)cc2)c(OC)cc1=O. The number of nitrogens with zero attached hydrogens (tertiary/aromatic N) is 2. The molecule has 128 valence electrons. The highest BCUT2D eigenvalue weighted by Gasteiger charge is 2.18. The van der Waals surface area contributed by atoms with Crippen LogP contribution in [0.5, 0.6) is 11.6 Å². The van der Waals surface area contributed by atoms with Crippen LogP contribution in [0.15, 0.2) is 35.1 Å². The van der Waals surface area contributed by atoms with Gasteiger partial charge in [-0.25, -0.2) is 4.68 Å². The van der Waals surface area contributed by atoms with Gasteiger partial charge in [0, 0.05) is 6.04 Å². The van der Waals surface area contributed by atoms with Crippen molar-refractivity contribution < 1.29 is 14.3 Å². The van der Waals surface area contributed by atoms with E-state index in [2.05, 4.69) is 10.4 Å². The molecule has 1 amide bonds. The Hall–Kier alpha value is -2.83. The molecule has 0 saturated carbocycles. The lowest BCUT2D eigenvalue weighted by molar-refractivity contribution is 0.0931. The Balaban J connectivity index is 2.48. The summed E-state index contributed by atoms with van der Waals surface area (Å²) in [4.78, 5) is 24.4. The Bertz CT molecular complexity index is 768. The second kappa shape index (κ2) is 7.63. The Labute approximate surface area is 140 Å². The van der Waals surface area contributed by atoms with Crippen molar-refractivity contribution in [2.24, 2.45) is 0 Å². The molecule has 0 aliphatic carbocycles. The van der Waals surface area contributed by atoms with E-state index in [0.29, 0.717) is 11.4 Å². The minimum absolute atomic E-state index is 0.0461. The van der Waals surface area contributed by atoms with Crippen LogP contribution in [0.3, 0.4) is 0 Å². The number of amides is 1. The molecule has 0 aliphatic heterocycles. The van der Waals surface area contributed by atoms with Crippen molar-refractivity contribution in [1.82, 2.24) is 15.1 Å². The van der Waals surface area contributed by atoms with Gasteiger partial charge in [0.1, 0.15) is 5.75 Å². The van der Waals surface area contributed by atoms with Crippen molar-refractivity contribution in [2.45, 2.75) is 26.3 Å². The van der Waals surface area contributed by atoms with Gasteiger partial charge in [0.05, 0.1) is 26.0 Å². The summed E-state index contributed by atoms with van der Waals surface area (Å²) in [5, 5.41) is 6.93. The van der Waals surface area contributed by atoms with Crippen LogP contribution >= 0.6 is 0 Å². The molecule has 1 aromatic carbocycles. The molecule has 0 spiro atoms. The quantitative estimate of drug-likeness (QED) is 0.872. The smallest absolute Gasteiger partial charge is 0.276 e. The molecule has 0 saturated heterocycles. The number of hydrogen-bond donors (Lipinski definition) is 1. The summed E-state index contributed by atoms with van der Waals surface area (Å²) >= 11 is 0. The first-order valence-corrected chi connectivity index (χ1v) is 7.63. The van der Waals surface area contributed by atoms with Gasteiger partial charge in [-0.3, -0.25) is 9.59 Å². The average molecular weight is 331 g/mol. The van der Waals surface area contributed by atoms with Gasteiger partial charge in [0.15, 0.2) is 5.69 Å². The van der Waals surface area contributed by atoms with Crippen LogP contribution in [0.2, 0.25) is 0 Å². The molecule has 1 aromatic heterocycles. The predicted molar refractivity (Wildman–Crippen MR) is 90.2 cm³/mol. The van der Waals surface area contributed by atoms with Crippen molar-refractivity contribution in [3.8, 4) is 17.3 Å². The third-order valence-corrected chi connectivity index (χ3v) is 3.63. The summed E-state index contributed by atoms with van der Waals surface area (Å²) in [6.45, 7) is 3.81. The van der Waals surface area contributed by atoms with Gasteiger partial charge >= 0.3 is 0 Å². The maximum atomic E-state index is 12.3. The van der Waals surface area contributed by atoms with Gasteiger partial charge in [0.2, 0.25) is 11.3 Å². The molecule has 7 heteroatoms. The van der Waals surface area contributed by atoms with E-state index < -0.39 is 11.3 Å². The molecule has 2 aromatic rings. The van der Waals surface area contributed by atoms with Crippen LogP contribution in [0, 0.1) is 0 Å². The largest absolute Gasteiger partial charge is 0.497 e. The Morgan fingerprint density at radius 1 is 1.25 bits per heavy atom. The van der Waals surface area contributed by atoms with Gasteiger partial charge in [-0.15, -0.1) is 0 Å². The Morgan fingerprint density at radius 2 is 1.92 bits per heavy atom. The number of benzene rings is 1. The summed E-state index contributed by atoms with van der Waals surface area (Å²) < 4.78 is 11.7. The second-order valence-corrected chi connectivity index (χ2v) is 5.29. The zero-order chi connectivity index (χ0) is 17.7. The molecule has 1 heterocycles. The maximum Gasteiger partial charge on any atom is 0.276 e. The molecule has 0 bridgehead atoms. The monoisotopic (exact) mass is 331 g/mol. The number of hydrogen-bond acceptors (Lipinski definition) is 5. The molecule has 2 rings (SSSR count). The zero-order valence-electron chi connectivity index (χ0n) is 14.2. The molecule has 1 atom stereocenters. The van der Waals surface area contributed by atoms with E-state index in [0.717, 1.165) is 6.42 Å². The van der Waals surface area contributed by atoms with Crippen molar-refractivity contribution >= 4 is 5.91 Å². The fraction of sp³-hybridized carbons (Fsp3) is 0.353. The lowest BCUT2D eigenvalue weighted by atomic mass is 10.2.